The Morgan fingerprint density at radius 3 is 2.39 bits per heavy atom. The number of alkyl halides is 3. The molecule has 0 amide bonds. The van der Waals surface area contributed by atoms with Crippen LogP contribution < -0.4 is 0 Å². The van der Waals surface area contributed by atoms with E-state index in [0.717, 1.165) is 0 Å². The third-order valence-corrected chi connectivity index (χ3v) is 2.60. The number of hydrogen-bond donors (Lipinski definition) is 0. The quantitative estimate of drug-likeness (QED) is 0.250. The number of halogens is 3. The molecular formula is C9H11F3O5S. The summed E-state index contributed by atoms with van der Waals surface area (Å²) in [6.07, 6.45) is 0.725. The largest absolute Gasteiger partial charge is 0.523 e. The second-order valence-corrected chi connectivity index (χ2v) is 4.55. The first-order valence-electron chi connectivity index (χ1n) is 4.69. The fourth-order valence-electron chi connectivity index (χ4n) is 0.736. The van der Waals surface area contributed by atoms with Crippen LogP contribution in [0.4, 0.5) is 13.2 Å². The van der Waals surface area contributed by atoms with Gasteiger partial charge in [-0.3, -0.25) is 8.98 Å². The van der Waals surface area contributed by atoms with Gasteiger partial charge in [-0.1, -0.05) is 5.92 Å². The van der Waals surface area contributed by atoms with Crippen LogP contribution in [0.25, 0.3) is 0 Å². The van der Waals surface area contributed by atoms with Crippen LogP contribution in [0.2, 0.25) is 0 Å². The van der Waals surface area contributed by atoms with Crippen molar-refractivity contribution in [1.29, 1.82) is 0 Å². The highest BCUT2D eigenvalue weighted by Gasteiger charge is 2.47. The summed E-state index contributed by atoms with van der Waals surface area (Å²) in [5, 5.41) is 0. The molecule has 0 aromatic heterocycles. The number of carbonyl (C=O) groups is 1. The number of unbranched alkanes of at least 4 members (excludes halogenated alkanes) is 1. The molecule has 0 unspecified atom stereocenters. The zero-order chi connectivity index (χ0) is 14.2. The van der Waals surface area contributed by atoms with Crippen LogP contribution >= 0.6 is 0 Å². The topological polar surface area (TPSA) is 69.7 Å². The van der Waals surface area contributed by atoms with Gasteiger partial charge in [0.25, 0.3) is 0 Å². The van der Waals surface area contributed by atoms with Crippen LogP contribution in [0, 0.1) is 11.8 Å². The molecule has 0 fully saturated rings. The summed E-state index contributed by atoms with van der Waals surface area (Å²) in [4.78, 5) is 10.6. The van der Waals surface area contributed by atoms with Crippen molar-refractivity contribution in [3.63, 3.8) is 0 Å². The molecule has 0 aromatic carbocycles. The second kappa shape index (κ2) is 7.23. The molecule has 0 rings (SSSR count). The lowest BCUT2D eigenvalue weighted by molar-refractivity contribution is -0.140. The number of methoxy groups -OCH3 is 1. The van der Waals surface area contributed by atoms with Gasteiger partial charge in [-0.25, -0.2) is 0 Å². The molecule has 104 valence electrons. The lowest BCUT2D eigenvalue weighted by atomic mass is 10.2. The SMILES string of the molecule is COC(=O)CCCC#CCOS(=O)(=O)C(F)(F)F. The van der Waals surface area contributed by atoms with Gasteiger partial charge in [0.15, 0.2) is 0 Å². The molecule has 0 N–H and O–H groups in total. The molecule has 0 spiro atoms. The first kappa shape index (κ1) is 16.7. The van der Waals surface area contributed by atoms with Crippen LogP contribution in [0.15, 0.2) is 0 Å². The van der Waals surface area contributed by atoms with Crippen LogP contribution in [-0.4, -0.2) is 33.6 Å². The normalized spacial score (nSPS) is 11.6. The molecular weight excluding hydrogens is 277 g/mol. The highest BCUT2D eigenvalue weighted by atomic mass is 32.2. The van der Waals surface area contributed by atoms with E-state index < -0.39 is 28.2 Å². The maximum Gasteiger partial charge on any atom is 0.523 e. The molecule has 0 heterocycles. The molecule has 0 saturated heterocycles. The number of ether oxygens (including phenoxy) is 1. The molecule has 0 atom stereocenters. The molecule has 0 aromatic rings. The lowest BCUT2D eigenvalue weighted by Crippen LogP contribution is -2.25. The van der Waals surface area contributed by atoms with Crippen LogP contribution in [0.5, 0.6) is 0 Å². The average molecular weight is 288 g/mol. The van der Waals surface area contributed by atoms with Gasteiger partial charge >= 0.3 is 21.6 Å². The van der Waals surface area contributed by atoms with Crippen LogP contribution in [0.1, 0.15) is 19.3 Å². The smallest absolute Gasteiger partial charge is 0.469 e. The summed E-state index contributed by atoms with van der Waals surface area (Å²) in [6.45, 7) is -0.875. The van der Waals surface area contributed by atoms with E-state index >= 15 is 0 Å². The van der Waals surface area contributed by atoms with Gasteiger partial charge in [0.2, 0.25) is 0 Å². The summed E-state index contributed by atoms with van der Waals surface area (Å²) in [6, 6.07) is 0. The van der Waals surface area contributed by atoms with E-state index in [1.54, 1.807) is 0 Å². The predicted molar refractivity (Wildman–Crippen MR) is 54.6 cm³/mol. The molecule has 0 aliphatic rings. The van der Waals surface area contributed by atoms with E-state index in [1.165, 1.54) is 7.11 Å². The van der Waals surface area contributed by atoms with Gasteiger partial charge < -0.3 is 4.74 Å². The second-order valence-electron chi connectivity index (χ2n) is 2.95. The van der Waals surface area contributed by atoms with E-state index in [0.29, 0.717) is 6.42 Å². The minimum Gasteiger partial charge on any atom is -0.469 e. The van der Waals surface area contributed by atoms with Crippen molar-refractivity contribution in [1.82, 2.24) is 0 Å². The molecule has 9 heteroatoms. The van der Waals surface area contributed by atoms with Crippen molar-refractivity contribution in [2.24, 2.45) is 0 Å². The molecule has 0 bridgehead atoms. The third-order valence-electron chi connectivity index (χ3n) is 1.61. The standard InChI is InChI=1S/C9H11F3O5S/c1-16-8(13)6-4-2-3-5-7-17-18(14,15)9(10,11)12/h2,4,6-7H2,1H3. The lowest BCUT2D eigenvalue weighted by Gasteiger charge is -2.05. The predicted octanol–water partition coefficient (Wildman–Crippen LogP) is 1.20. The van der Waals surface area contributed by atoms with Crippen molar-refractivity contribution in [3.8, 4) is 11.8 Å². The van der Waals surface area contributed by atoms with Crippen molar-refractivity contribution >= 4 is 16.1 Å². The van der Waals surface area contributed by atoms with E-state index in [2.05, 4.69) is 20.8 Å². The Bertz CT molecular complexity index is 429. The first-order valence-corrected chi connectivity index (χ1v) is 6.10. The fraction of sp³-hybridized carbons (Fsp3) is 0.667. The van der Waals surface area contributed by atoms with Gasteiger partial charge in [-0.2, -0.15) is 21.6 Å². The fourth-order valence-corrected chi connectivity index (χ4v) is 1.08. The van der Waals surface area contributed by atoms with E-state index in [1.807, 2.05) is 0 Å². The van der Waals surface area contributed by atoms with Gasteiger partial charge in [0.1, 0.15) is 6.61 Å². The highest BCUT2D eigenvalue weighted by molar-refractivity contribution is 7.87. The van der Waals surface area contributed by atoms with Crippen molar-refractivity contribution in [2.45, 2.75) is 24.8 Å². The summed E-state index contributed by atoms with van der Waals surface area (Å²) < 4.78 is 64.1. The van der Waals surface area contributed by atoms with Crippen LogP contribution in [-0.2, 0) is 23.8 Å². The van der Waals surface area contributed by atoms with Gasteiger partial charge in [0, 0.05) is 12.8 Å². The van der Waals surface area contributed by atoms with Crippen LogP contribution in [0.3, 0.4) is 0 Å². The van der Waals surface area contributed by atoms with E-state index in [4.69, 9.17) is 0 Å². The highest BCUT2D eigenvalue weighted by Crippen LogP contribution is 2.24. The minimum atomic E-state index is -5.58. The summed E-state index contributed by atoms with van der Waals surface area (Å²) in [5.74, 6) is 4.05. The molecule has 0 aliphatic heterocycles. The van der Waals surface area contributed by atoms with E-state index in [9.17, 15) is 26.4 Å². The van der Waals surface area contributed by atoms with Gasteiger partial charge in [-0.15, -0.1) is 5.92 Å². The minimum absolute atomic E-state index is 0.132. The third kappa shape index (κ3) is 6.46. The van der Waals surface area contributed by atoms with Crippen molar-refractivity contribution < 1.29 is 35.3 Å². The molecule has 0 radical (unpaired) electrons. The number of hydrogen-bond acceptors (Lipinski definition) is 5. The Labute approximate surface area is 102 Å². The molecule has 5 nitrogen and oxygen atoms in total. The Kier molecular flexibility index (Phi) is 6.72. The zero-order valence-electron chi connectivity index (χ0n) is 9.41. The number of rotatable bonds is 5. The van der Waals surface area contributed by atoms with Gasteiger partial charge in [0.05, 0.1) is 7.11 Å². The average Bonchev–Trinajstić information content (AvgIpc) is 2.25. The number of esters is 1. The Hall–Kier alpha value is -1.27. The maximum atomic E-state index is 11.8. The Morgan fingerprint density at radius 2 is 1.89 bits per heavy atom. The van der Waals surface area contributed by atoms with Crippen molar-refractivity contribution in [2.75, 3.05) is 13.7 Å². The van der Waals surface area contributed by atoms with E-state index in [-0.39, 0.29) is 12.8 Å². The molecule has 0 saturated carbocycles. The van der Waals surface area contributed by atoms with Crippen molar-refractivity contribution in [3.05, 3.63) is 0 Å². The monoisotopic (exact) mass is 288 g/mol. The maximum absolute atomic E-state index is 11.8. The Balaban J connectivity index is 3.91. The zero-order valence-corrected chi connectivity index (χ0v) is 10.2. The Morgan fingerprint density at radius 1 is 1.28 bits per heavy atom. The first-order chi connectivity index (χ1) is 8.20. The summed E-state index contributed by atoms with van der Waals surface area (Å²) >= 11 is 0. The number of carbonyl (C=O) groups excluding carboxylic acids is 1. The molecule has 0 aliphatic carbocycles. The molecule has 18 heavy (non-hydrogen) atoms. The van der Waals surface area contributed by atoms with Gasteiger partial charge in [-0.05, 0) is 6.42 Å². The summed E-state index contributed by atoms with van der Waals surface area (Å²) in [7, 11) is -4.36. The summed E-state index contributed by atoms with van der Waals surface area (Å²) in [5.41, 5.74) is -5.44.